The number of hydrogen-bond donors (Lipinski definition) is 1. The van der Waals surface area contributed by atoms with Crippen LogP contribution in [-0.4, -0.2) is 15.9 Å². The average Bonchev–Trinajstić information content (AvgIpc) is 3.22. The highest BCUT2D eigenvalue weighted by Crippen LogP contribution is 2.69. The van der Waals surface area contributed by atoms with Gasteiger partial charge in [0.15, 0.2) is 0 Å². The summed E-state index contributed by atoms with van der Waals surface area (Å²) < 4.78 is 5.62. The molecule has 3 nitrogen and oxygen atoms in total. The fourth-order valence-electron chi connectivity index (χ4n) is 8.30. The molecule has 0 aromatic carbocycles. The van der Waals surface area contributed by atoms with E-state index in [0.29, 0.717) is 16.7 Å². The van der Waals surface area contributed by atoms with Crippen LogP contribution in [0.3, 0.4) is 0 Å². The van der Waals surface area contributed by atoms with Gasteiger partial charge in [-0.2, -0.15) is 0 Å². The van der Waals surface area contributed by atoms with Gasteiger partial charge in [-0.25, -0.2) is 0 Å². The van der Waals surface area contributed by atoms with Gasteiger partial charge in [0.05, 0.1) is 11.8 Å². The number of fused-ring (bicyclic) bond motifs is 5. The summed E-state index contributed by atoms with van der Waals surface area (Å²) in [6.07, 6.45) is 13.1. The summed E-state index contributed by atoms with van der Waals surface area (Å²) in [7, 11) is 0. The van der Waals surface area contributed by atoms with Gasteiger partial charge in [-0.05, 0) is 99.2 Å². The molecule has 1 N–H and O–H groups in total. The molecule has 3 heteroatoms. The molecule has 4 unspecified atom stereocenters. The zero-order valence-corrected chi connectivity index (χ0v) is 16.7. The Morgan fingerprint density at radius 2 is 1.77 bits per heavy atom. The Labute approximate surface area is 157 Å². The topological polar surface area (TPSA) is 46.3 Å². The second kappa shape index (κ2) is 5.59. The fraction of sp³-hybridized carbons (Fsp3) is 0.870. The monoisotopic (exact) mass is 357 g/mol. The standard InChI is InChI=1S/C23H35NO2/c1-21(25)11-12-22(2)15(14-21)4-5-16-17-6-7-19(20-9-13-24-26-20)23(17,3)10-8-18(16)22/h9,13,15-19,25H,4-8,10-12,14H2,1-3H3/t15?,16?,17?,18?,19-,21-,22+,23+/m1/s1. The van der Waals surface area contributed by atoms with Gasteiger partial charge in [-0.15, -0.1) is 0 Å². The van der Waals surface area contributed by atoms with E-state index in [1.807, 2.05) is 6.20 Å². The lowest BCUT2D eigenvalue weighted by atomic mass is 9.44. The first-order chi connectivity index (χ1) is 12.3. The summed E-state index contributed by atoms with van der Waals surface area (Å²) in [6, 6.07) is 2.10. The number of aromatic nitrogens is 1. The highest BCUT2D eigenvalue weighted by atomic mass is 16.5. The van der Waals surface area contributed by atoms with Crippen LogP contribution in [0.5, 0.6) is 0 Å². The van der Waals surface area contributed by atoms with Crippen molar-refractivity contribution >= 4 is 0 Å². The molecule has 144 valence electrons. The lowest BCUT2D eigenvalue weighted by molar-refractivity contribution is -0.144. The Morgan fingerprint density at radius 1 is 0.962 bits per heavy atom. The largest absolute Gasteiger partial charge is 0.390 e. The molecular weight excluding hydrogens is 322 g/mol. The summed E-state index contributed by atoms with van der Waals surface area (Å²) in [5.41, 5.74) is 0.422. The molecule has 4 aliphatic rings. The Balaban J connectivity index is 1.43. The molecule has 26 heavy (non-hydrogen) atoms. The van der Waals surface area contributed by atoms with Crippen LogP contribution < -0.4 is 0 Å². The smallest absolute Gasteiger partial charge is 0.140 e. The minimum Gasteiger partial charge on any atom is -0.390 e. The third kappa shape index (κ3) is 2.31. The van der Waals surface area contributed by atoms with Crippen molar-refractivity contribution in [3.05, 3.63) is 18.0 Å². The third-order valence-corrected chi connectivity index (χ3v) is 9.75. The van der Waals surface area contributed by atoms with Gasteiger partial charge in [-0.3, -0.25) is 0 Å². The molecule has 0 amide bonds. The summed E-state index contributed by atoms with van der Waals surface area (Å²) in [5, 5.41) is 14.6. The number of nitrogens with zero attached hydrogens (tertiary/aromatic N) is 1. The van der Waals surface area contributed by atoms with Crippen molar-refractivity contribution in [2.45, 2.75) is 90.1 Å². The molecule has 0 spiro atoms. The maximum atomic E-state index is 10.6. The summed E-state index contributed by atoms with van der Waals surface area (Å²) >= 11 is 0. The van der Waals surface area contributed by atoms with Crippen LogP contribution >= 0.6 is 0 Å². The average molecular weight is 358 g/mol. The van der Waals surface area contributed by atoms with Crippen LogP contribution in [0.15, 0.2) is 16.8 Å². The quantitative estimate of drug-likeness (QED) is 0.716. The van der Waals surface area contributed by atoms with Crippen molar-refractivity contribution in [2.75, 3.05) is 0 Å². The Kier molecular flexibility index (Phi) is 3.72. The summed E-state index contributed by atoms with van der Waals surface area (Å²) in [4.78, 5) is 0. The molecule has 0 aliphatic heterocycles. The normalized spacial score (nSPS) is 53.6. The molecule has 4 aliphatic carbocycles. The van der Waals surface area contributed by atoms with E-state index in [9.17, 15) is 5.11 Å². The van der Waals surface area contributed by atoms with E-state index < -0.39 is 5.60 Å². The molecule has 0 saturated heterocycles. The number of aliphatic hydroxyl groups is 1. The van der Waals surface area contributed by atoms with E-state index in [2.05, 4.69) is 32.0 Å². The predicted molar refractivity (Wildman–Crippen MR) is 102 cm³/mol. The highest BCUT2D eigenvalue weighted by molar-refractivity contribution is 5.17. The molecular formula is C23H35NO2. The molecule has 1 aromatic rings. The fourth-order valence-corrected chi connectivity index (χ4v) is 8.30. The predicted octanol–water partition coefficient (Wildman–Crippen LogP) is 5.55. The molecule has 1 aromatic heterocycles. The minimum atomic E-state index is -0.426. The molecule has 5 rings (SSSR count). The van der Waals surface area contributed by atoms with Crippen LogP contribution in [0.2, 0.25) is 0 Å². The van der Waals surface area contributed by atoms with E-state index in [0.717, 1.165) is 42.3 Å². The lowest BCUT2D eigenvalue weighted by Crippen LogP contribution is -2.55. The van der Waals surface area contributed by atoms with Crippen molar-refractivity contribution in [3.63, 3.8) is 0 Å². The molecule has 8 atom stereocenters. The van der Waals surface area contributed by atoms with Gasteiger partial charge in [0.25, 0.3) is 0 Å². The second-order valence-electron chi connectivity index (χ2n) is 10.9. The van der Waals surface area contributed by atoms with E-state index in [1.54, 1.807) is 0 Å². The highest BCUT2D eigenvalue weighted by Gasteiger charge is 2.61. The first-order valence-electron chi connectivity index (χ1n) is 11.0. The summed E-state index contributed by atoms with van der Waals surface area (Å²) in [6.45, 7) is 7.19. The molecule has 1 heterocycles. The second-order valence-corrected chi connectivity index (χ2v) is 10.9. The van der Waals surface area contributed by atoms with Crippen molar-refractivity contribution in [3.8, 4) is 0 Å². The SMILES string of the molecule is C[C@@]1(O)CC[C@@]2(C)C(CCC3C2CC[C@@]2(C)C3CC[C@@H]2c2ccno2)C1. The van der Waals surface area contributed by atoms with Crippen LogP contribution in [0.25, 0.3) is 0 Å². The summed E-state index contributed by atoms with van der Waals surface area (Å²) in [5.74, 6) is 5.00. The zero-order chi connectivity index (χ0) is 18.2. The van der Waals surface area contributed by atoms with Crippen molar-refractivity contribution in [2.24, 2.45) is 34.5 Å². The van der Waals surface area contributed by atoms with E-state index in [4.69, 9.17) is 4.52 Å². The first kappa shape index (κ1) is 17.3. The molecule has 4 fully saturated rings. The van der Waals surface area contributed by atoms with E-state index in [-0.39, 0.29) is 0 Å². The van der Waals surface area contributed by atoms with Crippen LogP contribution in [0.1, 0.15) is 90.2 Å². The molecule has 0 radical (unpaired) electrons. The number of hydrogen-bond acceptors (Lipinski definition) is 3. The van der Waals surface area contributed by atoms with Gasteiger partial charge in [0.2, 0.25) is 0 Å². The van der Waals surface area contributed by atoms with Crippen LogP contribution in [0, 0.1) is 34.5 Å². The minimum absolute atomic E-state index is 0.393. The Hall–Kier alpha value is -0.830. The number of rotatable bonds is 1. The third-order valence-electron chi connectivity index (χ3n) is 9.75. The van der Waals surface area contributed by atoms with Gasteiger partial charge >= 0.3 is 0 Å². The van der Waals surface area contributed by atoms with Crippen molar-refractivity contribution in [1.82, 2.24) is 5.16 Å². The lowest BCUT2D eigenvalue weighted by Gasteiger charge is -2.61. The Morgan fingerprint density at radius 3 is 2.54 bits per heavy atom. The Bertz CT molecular complexity index is 668. The van der Waals surface area contributed by atoms with Crippen LogP contribution in [-0.2, 0) is 0 Å². The first-order valence-corrected chi connectivity index (χ1v) is 11.0. The van der Waals surface area contributed by atoms with E-state index >= 15 is 0 Å². The maximum Gasteiger partial charge on any atom is 0.140 e. The van der Waals surface area contributed by atoms with Gasteiger partial charge in [-0.1, -0.05) is 19.0 Å². The van der Waals surface area contributed by atoms with Gasteiger partial charge < -0.3 is 9.63 Å². The van der Waals surface area contributed by atoms with Crippen LogP contribution in [0.4, 0.5) is 0 Å². The molecule has 4 saturated carbocycles. The van der Waals surface area contributed by atoms with Crippen molar-refractivity contribution in [1.29, 1.82) is 0 Å². The zero-order valence-electron chi connectivity index (χ0n) is 16.7. The van der Waals surface area contributed by atoms with Gasteiger partial charge in [0.1, 0.15) is 5.76 Å². The maximum absolute atomic E-state index is 10.6. The molecule has 0 bridgehead atoms. The van der Waals surface area contributed by atoms with Crippen molar-refractivity contribution < 1.29 is 9.63 Å². The van der Waals surface area contributed by atoms with Gasteiger partial charge in [0, 0.05) is 12.0 Å². The van der Waals surface area contributed by atoms with E-state index in [1.165, 1.54) is 44.9 Å².